The number of para-hydroxylation sites is 10. The van der Waals surface area contributed by atoms with Gasteiger partial charge in [0.15, 0.2) is 35.1 Å². The average Bonchev–Trinajstić information content (AvgIpc) is 1.66. The first kappa shape index (κ1) is 76.7. The molecule has 2 amide bonds. The number of carbonyl (C=O) groups is 5. The molecule has 0 radical (unpaired) electrons. The summed E-state index contributed by atoms with van der Waals surface area (Å²) < 4.78 is 79.2. The number of rotatable bonds is 12. The van der Waals surface area contributed by atoms with Gasteiger partial charge in [0.1, 0.15) is 29.0 Å². The van der Waals surface area contributed by atoms with Crippen molar-refractivity contribution in [3.63, 3.8) is 0 Å². The van der Waals surface area contributed by atoms with Gasteiger partial charge in [-0.3, -0.25) is 38.4 Å². The molecule has 6 aromatic carbocycles. The number of thiol groups is 1. The average molecular weight is 1430 g/mol. The highest BCUT2D eigenvalue weighted by atomic mass is 32.3. The Hall–Kier alpha value is -10.3. The number of hydrogen-bond donors (Lipinski definition) is 5. The van der Waals surface area contributed by atoms with Gasteiger partial charge < -0.3 is 37.4 Å². The lowest BCUT2D eigenvalue weighted by atomic mass is 10.2. The van der Waals surface area contributed by atoms with Gasteiger partial charge in [0.05, 0.1) is 97.6 Å². The summed E-state index contributed by atoms with van der Waals surface area (Å²) in [4.78, 5) is 76.1. The van der Waals surface area contributed by atoms with Gasteiger partial charge in [-0.15, -0.1) is 23.5 Å². The van der Waals surface area contributed by atoms with Crippen molar-refractivity contribution in [2.75, 3.05) is 31.5 Å². The maximum Gasteiger partial charge on any atom is 0.394 e. The van der Waals surface area contributed by atoms with Crippen LogP contribution in [0.5, 0.6) is 0 Å². The molecule has 11 aromatic rings. The van der Waals surface area contributed by atoms with E-state index in [-0.39, 0.29) is 46.0 Å². The summed E-state index contributed by atoms with van der Waals surface area (Å²) in [5.74, 6) is 1.87. The first-order valence-corrected chi connectivity index (χ1v) is 34.1. The normalized spacial score (nSPS) is 13.3. The van der Waals surface area contributed by atoms with Crippen LogP contribution >= 0.6 is 36.2 Å². The van der Waals surface area contributed by atoms with Crippen molar-refractivity contribution in [2.24, 2.45) is 35.2 Å². The number of ether oxygens (including phenoxy) is 2. The smallest absolute Gasteiger partial charge is 0.394 e. The molecule has 1 saturated heterocycles. The van der Waals surface area contributed by atoms with Crippen molar-refractivity contribution in [1.82, 2.24) is 53.1 Å². The molecule has 4 atom stereocenters. The van der Waals surface area contributed by atoms with Crippen molar-refractivity contribution in [2.45, 2.75) is 34.5 Å². The van der Waals surface area contributed by atoms with Crippen molar-refractivity contribution in [1.29, 1.82) is 15.8 Å². The number of hydrogen-bond acceptors (Lipinski definition) is 24. The molecule has 4 unspecified atom stereocenters. The Labute approximate surface area is 575 Å². The lowest BCUT2D eigenvalue weighted by Gasteiger charge is -2.19. The Bertz CT molecular complexity index is 5020. The molecule has 6 heterocycles. The maximum atomic E-state index is 12.4. The summed E-state index contributed by atoms with van der Waals surface area (Å²) >= 11 is 6.16. The molecular weight excluding hydrogens is 1370 g/mol. The van der Waals surface area contributed by atoms with Crippen LogP contribution in [0.1, 0.15) is 62.2 Å². The molecule has 0 aliphatic carbocycles. The zero-order valence-corrected chi connectivity index (χ0v) is 57.7. The van der Waals surface area contributed by atoms with Crippen LogP contribution in [-0.2, 0) is 88.6 Å². The number of aldehydes is 1. The second-order valence-corrected chi connectivity index (χ2v) is 25.3. The lowest BCUT2D eigenvalue weighted by Crippen LogP contribution is -2.40. The highest BCUT2D eigenvalue weighted by Crippen LogP contribution is 2.33. The number of benzene rings is 6. The number of nitrogens with one attached hydrogen (secondary N) is 1. The van der Waals surface area contributed by atoms with Gasteiger partial charge in [-0.1, -0.05) is 78.4 Å². The summed E-state index contributed by atoms with van der Waals surface area (Å²) in [5.41, 5.74) is 9.61. The van der Waals surface area contributed by atoms with Crippen LogP contribution in [0.15, 0.2) is 150 Å². The van der Waals surface area contributed by atoms with E-state index >= 15 is 0 Å². The molecule has 0 spiro atoms. The van der Waals surface area contributed by atoms with Gasteiger partial charge in [0.2, 0.25) is 17.9 Å². The fourth-order valence-electron chi connectivity index (χ4n) is 9.05. The summed E-state index contributed by atoms with van der Waals surface area (Å²) in [6, 6.07) is 49.9. The summed E-state index contributed by atoms with van der Waals surface area (Å²) in [5, 5.41) is 38.0. The van der Waals surface area contributed by atoms with Crippen molar-refractivity contribution < 1.29 is 68.7 Å². The zero-order valence-electron chi connectivity index (χ0n) is 53.5. The number of esters is 2. The molecular formula is C64H64N14O15S5. The minimum atomic E-state index is -4.67. The number of thioether (sulfide) groups is 2. The van der Waals surface area contributed by atoms with E-state index in [0.717, 1.165) is 61.5 Å². The molecule has 0 bridgehead atoms. The maximum absolute atomic E-state index is 12.4. The van der Waals surface area contributed by atoms with Gasteiger partial charge in [0.25, 0.3) is 10.1 Å². The third-order valence-electron chi connectivity index (χ3n) is 13.9. The number of nitriles is 3. The molecule has 0 saturated carbocycles. The minimum Gasteiger partial charge on any atom is -0.468 e. The van der Waals surface area contributed by atoms with Crippen LogP contribution < -0.4 is 5.32 Å². The largest absolute Gasteiger partial charge is 0.468 e. The van der Waals surface area contributed by atoms with Gasteiger partial charge >= 0.3 is 22.3 Å². The fourth-order valence-corrected chi connectivity index (χ4v) is 12.0. The summed E-state index contributed by atoms with van der Waals surface area (Å²) in [6.45, 7) is 1.86. The van der Waals surface area contributed by atoms with Crippen LogP contribution in [0, 0.1) is 40.9 Å². The Morgan fingerprint density at radius 1 is 0.633 bits per heavy atom. The minimum absolute atomic E-state index is 0.00659. The molecule has 1 aliphatic heterocycles. The van der Waals surface area contributed by atoms with E-state index in [9.17, 15) is 48.0 Å². The Morgan fingerprint density at radius 3 is 1.45 bits per heavy atom. The molecule has 29 nitrogen and oxygen atoms in total. The van der Waals surface area contributed by atoms with Crippen molar-refractivity contribution in [3.05, 3.63) is 180 Å². The second kappa shape index (κ2) is 35.6. The summed E-state index contributed by atoms with van der Waals surface area (Å²) in [7, 11) is 3.02. The Balaban J connectivity index is 0.000000189. The van der Waals surface area contributed by atoms with E-state index in [0.29, 0.717) is 34.6 Å². The molecule has 5 aromatic heterocycles. The number of amides is 2. The van der Waals surface area contributed by atoms with E-state index in [1.165, 1.54) is 49.9 Å². The number of aryl methyl sites for hydroxylation is 6. The van der Waals surface area contributed by atoms with E-state index in [2.05, 4.69) is 58.4 Å². The van der Waals surface area contributed by atoms with E-state index in [1.54, 1.807) is 52.1 Å². The van der Waals surface area contributed by atoms with Crippen LogP contribution in [0.4, 0.5) is 0 Å². The number of fused-ring (bicyclic) bond motifs is 5. The number of imide groups is 1. The number of aromatic nitrogens is 10. The standard InChI is InChI=1S/C17H15N3O3S.C13H13N3O2S.C12H11N3O2S.C10H9N3O.C9H8N2O.C3H6O2S.H2O4S/c1-12-7-9-13(10-8-12)24(21,22)23-16(11-18)17-19-14-5-3-4-6-15(14)20(17)2;1-16-10-6-4-3-5-9(10)15-13(16)11(7-14)19-8-12(17)18-2;1-15-8-5-3-2-4-7(8)13-11(15)10-12(17)14-9(16)6-18-10;1-13-8-5-3-2-4-7(8)12-10(13)9(14)6-11;1-11-8-5-3-2-4-7(8)10-9(11)6-12;1-5-3(4)2-6;1-5(2,3)4/h3-10,16H,1-2H3;3-6,11H,8H2,1-2H3;2-5,10H,6H2,1H3,(H,14,16,17);2-5,9,14H,1H3;2-6H,1H3;6H,2H2,1H3;(H2,1,2,3,4). The van der Waals surface area contributed by atoms with Crippen LogP contribution in [0.2, 0.25) is 0 Å². The van der Waals surface area contributed by atoms with Gasteiger partial charge in [-0.05, 0) is 79.7 Å². The van der Waals surface area contributed by atoms with Crippen molar-refractivity contribution >= 4 is 142 Å². The number of nitrogens with zero attached hydrogens (tertiary/aromatic N) is 13. The predicted octanol–water partition coefficient (Wildman–Crippen LogP) is 7.85. The second-order valence-electron chi connectivity index (χ2n) is 20.3. The molecule has 98 heavy (non-hydrogen) atoms. The zero-order chi connectivity index (χ0) is 72.0. The fraction of sp³-hybridized carbons (Fsp3) is 0.234. The van der Waals surface area contributed by atoms with Gasteiger partial charge in [-0.2, -0.15) is 45.3 Å². The third-order valence-corrected chi connectivity index (χ3v) is 17.7. The Kier molecular flexibility index (Phi) is 27.9. The Morgan fingerprint density at radius 2 is 1.05 bits per heavy atom. The molecule has 1 aliphatic rings. The molecule has 4 N–H and O–H groups in total. The number of imidazole rings is 5. The lowest BCUT2D eigenvalue weighted by molar-refractivity contribution is -0.138. The molecule has 34 heteroatoms. The number of carbonyl (C=O) groups excluding carboxylic acids is 5. The van der Waals surface area contributed by atoms with Crippen LogP contribution in [0.3, 0.4) is 0 Å². The highest BCUT2D eigenvalue weighted by molar-refractivity contribution is 8.01. The van der Waals surface area contributed by atoms with E-state index in [1.807, 2.05) is 159 Å². The predicted molar refractivity (Wildman–Crippen MR) is 369 cm³/mol. The third kappa shape index (κ3) is 20.4. The topological polar surface area (TPSA) is 415 Å². The SMILES string of the molecule is COC(=O)CS.COC(=O)CSC(C#N)c1nc2ccccc2n1C.Cc1ccc(S(=O)(=O)OC(C#N)c2nc3ccccc3n2C)cc1.Cn1c(C(O)C#N)nc2ccccc21.Cn1c(C2SCC(=O)NC2=O)nc2ccccc21.Cn1c(C=O)nc2ccccc21.O=S(=O)(O)O. The number of aliphatic hydroxyl groups excluding tert-OH is 1. The molecule has 1 fully saturated rings. The monoisotopic (exact) mass is 1430 g/mol. The van der Waals surface area contributed by atoms with E-state index < -0.39 is 43.2 Å². The van der Waals surface area contributed by atoms with Crippen molar-refractivity contribution in [3.8, 4) is 18.2 Å². The number of aliphatic hydroxyl groups is 1. The van der Waals surface area contributed by atoms with Crippen LogP contribution in [0.25, 0.3) is 55.2 Å². The molecule has 12 rings (SSSR count). The molecule has 510 valence electrons. The number of methoxy groups -OCH3 is 2. The first-order valence-electron chi connectivity index (χ1n) is 28.5. The summed E-state index contributed by atoms with van der Waals surface area (Å²) in [6.07, 6.45) is -1.72. The van der Waals surface area contributed by atoms with E-state index in [4.69, 9.17) is 27.0 Å². The first-order chi connectivity index (χ1) is 46.6. The van der Waals surface area contributed by atoms with Crippen LogP contribution in [-0.4, -0.2) is 140 Å². The quantitative estimate of drug-likeness (QED) is 0.0148. The van der Waals surface area contributed by atoms with Gasteiger partial charge in [-0.25, -0.2) is 29.1 Å². The van der Waals surface area contributed by atoms with Gasteiger partial charge in [0, 0.05) is 35.2 Å². The highest BCUT2D eigenvalue weighted by Gasteiger charge is 2.33.